The molecule has 1 aliphatic carbocycles. The molecule has 4 heterocycles. The van der Waals surface area contributed by atoms with Crippen molar-refractivity contribution in [3.05, 3.63) is 53.2 Å². The normalized spacial score (nSPS) is 17.7. The second kappa shape index (κ2) is 9.22. The maximum absolute atomic E-state index is 13.3. The summed E-state index contributed by atoms with van der Waals surface area (Å²) < 4.78 is 8.01. The number of likely N-dealkylation sites (tertiary alicyclic amines) is 1. The lowest BCUT2D eigenvalue weighted by Crippen LogP contribution is -2.37. The minimum atomic E-state index is -0.0666. The van der Waals surface area contributed by atoms with E-state index in [-0.39, 0.29) is 18.0 Å². The van der Waals surface area contributed by atoms with E-state index in [2.05, 4.69) is 21.7 Å². The van der Waals surface area contributed by atoms with E-state index in [0.717, 1.165) is 70.4 Å². The molecule has 1 aromatic carbocycles. The first kappa shape index (κ1) is 23.0. The van der Waals surface area contributed by atoms with E-state index in [0.29, 0.717) is 17.5 Å². The number of nitrogens with zero attached hydrogens (tertiary/aromatic N) is 3. The number of nitrogens with one attached hydrogen (secondary N) is 2. The van der Waals surface area contributed by atoms with E-state index < -0.39 is 0 Å². The van der Waals surface area contributed by atoms with Gasteiger partial charge in [-0.05, 0) is 69.0 Å². The molecule has 0 bridgehead atoms. The van der Waals surface area contributed by atoms with Gasteiger partial charge in [0.2, 0.25) is 0 Å². The van der Waals surface area contributed by atoms with Crippen molar-refractivity contribution >= 4 is 55.8 Å². The van der Waals surface area contributed by atoms with Gasteiger partial charge >= 0.3 is 6.03 Å². The Hall–Kier alpha value is -3.43. The highest BCUT2D eigenvalue weighted by atomic mass is 32.1. The quantitative estimate of drug-likeness (QED) is 0.374. The van der Waals surface area contributed by atoms with Crippen molar-refractivity contribution in [2.45, 2.75) is 44.7 Å². The molecule has 2 fully saturated rings. The number of amides is 2. The Morgan fingerprint density at radius 2 is 2.03 bits per heavy atom. The smallest absolute Gasteiger partial charge is 0.326 e. The second-order valence-corrected chi connectivity index (χ2v) is 10.7. The summed E-state index contributed by atoms with van der Waals surface area (Å²) >= 11 is 1.47. The highest BCUT2D eigenvalue weighted by Crippen LogP contribution is 2.35. The minimum absolute atomic E-state index is 0.0474. The van der Waals surface area contributed by atoms with E-state index in [9.17, 15) is 9.59 Å². The molecule has 8 nitrogen and oxygen atoms in total. The molecule has 1 saturated carbocycles. The van der Waals surface area contributed by atoms with E-state index in [1.165, 1.54) is 11.3 Å². The standard InChI is InChI=1S/C27H29N5O3S/c1-16-12-17-13-19(7-8-23(17)32(16)27(34)30-18-5-6-18)29-21-9-10-28-22-14-24(36-25(21)22)26(33)31-11-3-4-20(31)15-35-2/h7-10,12-14,18,20H,3-6,11,15H2,1-2H3,(H,28,29)(H,30,34)/t20-/m0/s1. The molecule has 3 aromatic heterocycles. The summed E-state index contributed by atoms with van der Waals surface area (Å²) in [6.07, 6.45) is 5.85. The van der Waals surface area contributed by atoms with Crippen LogP contribution in [0.1, 0.15) is 41.0 Å². The van der Waals surface area contributed by atoms with E-state index >= 15 is 0 Å². The van der Waals surface area contributed by atoms with Gasteiger partial charge in [0.1, 0.15) is 0 Å². The zero-order valence-electron chi connectivity index (χ0n) is 20.4. The molecule has 2 aliphatic rings. The van der Waals surface area contributed by atoms with Gasteiger partial charge in [-0.15, -0.1) is 11.3 Å². The number of rotatable bonds is 6. The zero-order chi connectivity index (χ0) is 24.8. The third-order valence-corrected chi connectivity index (χ3v) is 8.14. The van der Waals surface area contributed by atoms with E-state index in [1.807, 2.05) is 42.2 Å². The van der Waals surface area contributed by atoms with Crippen LogP contribution in [0, 0.1) is 6.92 Å². The monoisotopic (exact) mass is 503 g/mol. The van der Waals surface area contributed by atoms with E-state index in [1.54, 1.807) is 17.9 Å². The molecule has 2 N–H and O–H groups in total. The number of pyridine rings is 1. The third-order valence-electron chi connectivity index (χ3n) is 6.99. The number of fused-ring (bicyclic) bond motifs is 2. The number of methoxy groups -OCH3 is 1. The van der Waals surface area contributed by atoms with Crippen molar-refractivity contribution in [1.29, 1.82) is 0 Å². The fourth-order valence-corrected chi connectivity index (χ4v) is 6.12. The molecule has 2 amide bonds. The van der Waals surface area contributed by atoms with Crippen molar-refractivity contribution in [2.75, 3.05) is 25.6 Å². The molecule has 1 saturated heterocycles. The van der Waals surface area contributed by atoms with Gasteiger partial charge < -0.3 is 20.3 Å². The first-order valence-electron chi connectivity index (χ1n) is 12.4. The number of benzene rings is 1. The largest absolute Gasteiger partial charge is 0.383 e. The van der Waals surface area contributed by atoms with Gasteiger partial charge in [-0.3, -0.25) is 14.3 Å². The van der Waals surface area contributed by atoms with Gasteiger partial charge in [-0.1, -0.05) is 0 Å². The average molecular weight is 504 g/mol. The van der Waals surface area contributed by atoms with Crippen molar-refractivity contribution in [3.8, 4) is 0 Å². The summed E-state index contributed by atoms with van der Waals surface area (Å²) in [5.41, 5.74) is 4.41. The number of aryl methyl sites for hydroxylation is 1. The van der Waals surface area contributed by atoms with Crippen LogP contribution in [0.25, 0.3) is 21.1 Å². The fourth-order valence-electron chi connectivity index (χ4n) is 5.08. The number of hydrogen-bond donors (Lipinski definition) is 2. The van der Waals surface area contributed by atoms with Crippen LogP contribution in [0.3, 0.4) is 0 Å². The molecule has 0 radical (unpaired) electrons. The van der Waals surface area contributed by atoms with Gasteiger partial charge in [-0.25, -0.2) is 4.79 Å². The fraction of sp³-hybridized carbons (Fsp3) is 0.370. The van der Waals surface area contributed by atoms with Crippen LogP contribution in [0.5, 0.6) is 0 Å². The zero-order valence-corrected chi connectivity index (χ0v) is 21.2. The van der Waals surface area contributed by atoms with Crippen LogP contribution >= 0.6 is 11.3 Å². The molecule has 1 aliphatic heterocycles. The Bertz CT molecular complexity index is 1470. The number of thiophene rings is 1. The first-order valence-corrected chi connectivity index (χ1v) is 13.2. The Morgan fingerprint density at radius 1 is 1.17 bits per heavy atom. The summed E-state index contributed by atoms with van der Waals surface area (Å²) in [7, 11) is 1.68. The van der Waals surface area contributed by atoms with E-state index in [4.69, 9.17) is 4.74 Å². The molecule has 36 heavy (non-hydrogen) atoms. The summed E-state index contributed by atoms with van der Waals surface area (Å²) in [5.74, 6) is 0.0474. The van der Waals surface area contributed by atoms with Crippen molar-refractivity contribution < 1.29 is 14.3 Å². The van der Waals surface area contributed by atoms with Crippen LogP contribution < -0.4 is 10.6 Å². The molecule has 186 valence electrons. The van der Waals surface area contributed by atoms with Gasteiger partial charge in [0, 0.05) is 42.7 Å². The maximum atomic E-state index is 13.3. The van der Waals surface area contributed by atoms with Crippen LogP contribution in [0.15, 0.2) is 42.6 Å². The molecule has 0 unspecified atom stereocenters. The Labute approximate surface area is 213 Å². The molecular weight excluding hydrogens is 474 g/mol. The highest BCUT2D eigenvalue weighted by Gasteiger charge is 2.30. The number of carbonyl (C=O) groups is 2. The third kappa shape index (κ3) is 4.22. The van der Waals surface area contributed by atoms with Crippen molar-refractivity contribution in [1.82, 2.24) is 19.8 Å². The maximum Gasteiger partial charge on any atom is 0.326 e. The van der Waals surface area contributed by atoms with Crippen LogP contribution in [-0.2, 0) is 4.74 Å². The van der Waals surface area contributed by atoms with Crippen molar-refractivity contribution in [3.63, 3.8) is 0 Å². The number of anilines is 2. The summed E-state index contributed by atoms with van der Waals surface area (Å²) in [6.45, 7) is 3.28. The lowest BCUT2D eigenvalue weighted by atomic mass is 10.2. The molecule has 4 aromatic rings. The Kier molecular flexibility index (Phi) is 5.89. The molecule has 6 rings (SSSR count). The lowest BCUT2D eigenvalue weighted by molar-refractivity contribution is 0.0635. The molecule has 0 spiro atoms. The predicted molar refractivity (Wildman–Crippen MR) is 142 cm³/mol. The minimum Gasteiger partial charge on any atom is -0.383 e. The Balaban J connectivity index is 1.27. The highest BCUT2D eigenvalue weighted by molar-refractivity contribution is 7.21. The summed E-state index contributed by atoms with van der Waals surface area (Å²) in [4.78, 5) is 33.1. The number of aromatic nitrogens is 2. The average Bonchev–Trinajstić information content (AvgIpc) is 3.25. The van der Waals surface area contributed by atoms with Gasteiger partial charge in [0.25, 0.3) is 5.91 Å². The summed E-state index contributed by atoms with van der Waals surface area (Å²) in [5, 5.41) is 7.57. The summed E-state index contributed by atoms with van der Waals surface area (Å²) in [6, 6.07) is 12.2. The number of ether oxygens (including phenoxy) is 1. The second-order valence-electron chi connectivity index (χ2n) is 9.68. The van der Waals surface area contributed by atoms with Gasteiger partial charge in [0.05, 0.1) is 38.9 Å². The van der Waals surface area contributed by atoms with Gasteiger partial charge in [0.15, 0.2) is 0 Å². The van der Waals surface area contributed by atoms with Crippen LogP contribution in [0.2, 0.25) is 0 Å². The number of carbonyl (C=O) groups excluding carboxylic acids is 2. The van der Waals surface area contributed by atoms with Gasteiger partial charge in [-0.2, -0.15) is 0 Å². The first-order chi connectivity index (χ1) is 17.5. The van der Waals surface area contributed by atoms with Crippen LogP contribution in [0.4, 0.5) is 16.2 Å². The lowest BCUT2D eigenvalue weighted by Gasteiger charge is -2.23. The Morgan fingerprint density at radius 3 is 2.83 bits per heavy atom. The molecular formula is C27H29N5O3S. The SMILES string of the molecule is COC[C@@H]1CCCN1C(=O)c1cc2nccc(Nc3ccc4c(c3)cc(C)n4C(=O)NC3CC3)c2s1. The molecule has 1 atom stereocenters. The molecule has 9 heteroatoms. The topological polar surface area (TPSA) is 88.5 Å². The van der Waals surface area contributed by atoms with Crippen molar-refractivity contribution in [2.24, 2.45) is 0 Å². The predicted octanol–water partition coefficient (Wildman–Crippen LogP) is 5.27. The number of hydrogen-bond acceptors (Lipinski definition) is 6. The van der Waals surface area contributed by atoms with Crippen LogP contribution in [-0.4, -0.2) is 58.7 Å².